The van der Waals surface area contributed by atoms with Gasteiger partial charge in [0.05, 0.1) is 15.9 Å². The van der Waals surface area contributed by atoms with E-state index in [2.05, 4.69) is 15.9 Å². The largest absolute Gasteiger partial charge is 0.506 e. The Morgan fingerprint density at radius 2 is 1.85 bits per heavy atom. The topological polar surface area (TPSA) is 66.8 Å². The van der Waals surface area contributed by atoms with Crippen LogP contribution in [0.5, 0.6) is 11.5 Å². The number of hydrogen-bond acceptors (Lipinski definition) is 5. The second-order valence-electron chi connectivity index (χ2n) is 5.46. The molecule has 0 bridgehead atoms. The number of hydrogen-bond donors (Lipinski definition) is 1. The second-order valence-corrected chi connectivity index (χ2v) is 8.18. The number of halogens is 3. The lowest BCUT2D eigenvalue weighted by Crippen LogP contribution is -2.32. The van der Waals surface area contributed by atoms with Gasteiger partial charge in [-0.15, -0.1) is 0 Å². The Morgan fingerprint density at radius 1 is 1.15 bits per heavy atom. The summed E-state index contributed by atoms with van der Waals surface area (Å²) in [6.45, 7) is 0.261. The van der Waals surface area contributed by atoms with Crippen molar-refractivity contribution in [1.82, 2.24) is 4.90 Å². The van der Waals surface area contributed by atoms with Crippen molar-refractivity contribution in [3.8, 4) is 11.5 Å². The van der Waals surface area contributed by atoms with Crippen LogP contribution < -0.4 is 4.74 Å². The Labute approximate surface area is 178 Å². The van der Waals surface area contributed by atoms with E-state index >= 15 is 0 Å². The molecule has 0 aliphatic carbocycles. The molecular formula is C18H12BrCl2NO4S. The van der Waals surface area contributed by atoms with Crippen molar-refractivity contribution in [2.75, 3.05) is 13.2 Å². The summed E-state index contributed by atoms with van der Waals surface area (Å²) in [7, 11) is 0. The lowest BCUT2D eigenvalue weighted by molar-refractivity contribution is -0.123. The van der Waals surface area contributed by atoms with Crippen LogP contribution in [0.3, 0.4) is 0 Å². The van der Waals surface area contributed by atoms with E-state index in [4.69, 9.17) is 27.9 Å². The fraction of sp³-hybridized carbons (Fsp3) is 0.111. The standard InChI is InChI=1S/C18H12BrCl2NO4S/c19-14-9-12(21)7-10(16(14)23)8-15-17(24)22(18(25)27-15)5-6-26-13-3-1-11(20)2-4-13/h1-4,7-9,23H,5-6H2/b15-8-. The van der Waals surface area contributed by atoms with Gasteiger partial charge in [0.25, 0.3) is 11.1 Å². The van der Waals surface area contributed by atoms with E-state index in [1.165, 1.54) is 18.2 Å². The van der Waals surface area contributed by atoms with Gasteiger partial charge in [-0.05, 0) is 70.2 Å². The van der Waals surface area contributed by atoms with E-state index in [0.717, 1.165) is 16.7 Å². The molecule has 1 heterocycles. The van der Waals surface area contributed by atoms with Gasteiger partial charge in [0.15, 0.2) is 0 Å². The molecule has 27 heavy (non-hydrogen) atoms. The monoisotopic (exact) mass is 487 g/mol. The van der Waals surface area contributed by atoms with E-state index < -0.39 is 11.1 Å². The predicted octanol–water partition coefficient (Wildman–Crippen LogP) is 5.58. The average Bonchev–Trinajstić information content (AvgIpc) is 2.88. The predicted molar refractivity (Wildman–Crippen MR) is 110 cm³/mol. The van der Waals surface area contributed by atoms with Crippen LogP contribution in [0, 0.1) is 0 Å². The quantitative estimate of drug-likeness (QED) is 0.556. The summed E-state index contributed by atoms with van der Waals surface area (Å²) in [5.74, 6) is 0.0908. The van der Waals surface area contributed by atoms with Gasteiger partial charge in [0, 0.05) is 15.6 Å². The van der Waals surface area contributed by atoms with Gasteiger partial charge in [0.1, 0.15) is 18.1 Å². The molecule has 0 unspecified atom stereocenters. The van der Waals surface area contributed by atoms with Crippen molar-refractivity contribution >= 4 is 68.1 Å². The van der Waals surface area contributed by atoms with E-state index in [-0.39, 0.29) is 23.8 Å². The third-order valence-electron chi connectivity index (χ3n) is 3.62. The number of carbonyl (C=O) groups excluding carboxylic acids is 2. The summed E-state index contributed by atoms with van der Waals surface area (Å²) in [5, 5.41) is 10.7. The Morgan fingerprint density at radius 3 is 2.56 bits per heavy atom. The number of carbonyl (C=O) groups is 2. The van der Waals surface area contributed by atoms with Crippen LogP contribution in [0.4, 0.5) is 4.79 Å². The first-order chi connectivity index (χ1) is 12.8. The van der Waals surface area contributed by atoms with Crippen molar-refractivity contribution in [1.29, 1.82) is 0 Å². The fourth-order valence-electron chi connectivity index (χ4n) is 2.32. The molecule has 1 aliphatic heterocycles. The Bertz CT molecular complexity index is 934. The van der Waals surface area contributed by atoms with Gasteiger partial charge in [-0.3, -0.25) is 14.5 Å². The van der Waals surface area contributed by atoms with E-state index in [1.54, 1.807) is 24.3 Å². The van der Waals surface area contributed by atoms with Crippen molar-refractivity contribution in [2.45, 2.75) is 0 Å². The SMILES string of the molecule is O=C1S/C(=C\c2cc(Cl)cc(Br)c2O)C(=O)N1CCOc1ccc(Cl)cc1. The van der Waals surface area contributed by atoms with Crippen molar-refractivity contribution in [3.63, 3.8) is 0 Å². The zero-order valence-corrected chi connectivity index (χ0v) is 17.5. The molecule has 0 saturated carbocycles. The van der Waals surface area contributed by atoms with E-state index in [0.29, 0.717) is 25.8 Å². The minimum Gasteiger partial charge on any atom is -0.506 e. The first kappa shape index (κ1) is 20.1. The third kappa shape index (κ3) is 4.79. The highest BCUT2D eigenvalue weighted by Gasteiger charge is 2.35. The van der Waals surface area contributed by atoms with Crippen LogP contribution in [0.2, 0.25) is 10.0 Å². The molecule has 0 aromatic heterocycles. The van der Waals surface area contributed by atoms with Crippen LogP contribution in [0.25, 0.3) is 6.08 Å². The highest BCUT2D eigenvalue weighted by atomic mass is 79.9. The molecule has 0 spiro atoms. The Hall–Kier alpha value is -1.67. The maximum Gasteiger partial charge on any atom is 0.293 e. The van der Waals surface area contributed by atoms with Crippen LogP contribution in [0.15, 0.2) is 45.8 Å². The van der Waals surface area contributed by atoms with Gasteiger partial charge in [0.2, 0.25) is 0 Å². The van der Waals surface area contributed by atoms with Gasteiger partial charge in [-0.25, -0.2) is 0 Å². The number of ether oxygens (including phenoxy) is 1. The highest BCUT2D eigenvalue weighted by Crippen LogP contribution is 2.37. The molecule has 1 fully saturated rings. The molecule has 1 aliphatic rings. The van der Waals surface area contributed by atoms with Gasteiger partial charge >= 0.3 is 0 Å². The molecule has 2 aromatic rings. The normalized spacial score (nSPS) is 15.7. The molecule has 0 radical (unpaired) electrons. The molecule has 0 atom stereocenters. The number of imide groups is 1. The van der Waals surface area contributed by atoms with Crippen molar-refractivity contribution in [3.05, 3.63) is 61.4 Å². The lowest BCUT2D eigenvalue weighted by atomic mass is 10.2. The fourth-order valence-corrected chi connectivity index (χ4v) is 4.13. The number of rotatable bonds is 5. The van der Waals surface area contributed by atoms with Crippen LogP contribution in [0.1, 0.15) is 5.56 Å². The maximum absolute atomic E-state index is 12.5. The zero-order chi connectivity index (χ0) is 19.6. The van der Waals surface area contributed by atoms with Crippen LogP contribution >= 0.6 is 50.9 Å². The van der Waals surface area contributed by atoms with Gasteiger partial charge in [-0.2, -0.15) is 0 Å². The Kier molecular flexibility index (Phi) is 6.37. The summed E-state index contributed by atoms with van der Waals surface area (Å²) < 4.78 is 5.93. The second kappa shape index (κ2) is 8.56. The molecule has 1 saturated heterocycles. The number of nitrogens with zero attached hydrogens (tertiary/aromatic N) is 1. The lowest BCUT2D eigenvalue weighted by Gasteiger charge is -2.13. The summed E-state index contributed by atoms with van der Waals surface area (Å²) in [6, 6.07) is 9.84. The average molecular weight is 489 g/mol. The Balaban J connectivity index is 1.69. The molecule has 3 rings (SSSR count). The molecule has 5 nitrogen and oxygen atoms in total. The molecule has 2 aromatic carbocycles. The number of benzene rings is 2. The van der Waals surface area contributed by atoms with E-state index in [1.807, 2.05) is 0 Å². The minimum absolute atomic E-state index is 0.0581. The first-order valence-corrected chi connectivity index (χ1v) is 10.0. The highest BCUT2D eigenvalue weighted by molar-refractivity contribution is 9.10. The zero-order valence-electron chi connectivity index (χ0n) is 13.6. The number of amides is 2. The van der Waals surface area contributed by atoms with Gasteiger partial charge in [-0.1, -0.05) is 23.2 Å². The smallest absolute Gasteiger partial charge is 0.293 e. The molecule has 140 valence electrons. The van der Waals surface area contributed by atoms with Gasteiger partial charge < -0.3 is 9.84 Å². The minimum atomic E-state index is -0.444. The first-order valence-electron chi connectivity index (χ1n) is 7.67. The molecule has 2 amide bonds. The van der Waals surface area contributed by atoms with E-state index in [9.17, 15) is 14.7 Å². The summed E-state index contributed by atoms with van der Waals surface area (Å²) >= 11 is 15.8. The molecule has 9 heteroatoms. The molecular weight excluding hydrogens is 477 g/mol. The maximum atomic E-state index is 12.5. The number of phenolic OH excluding ortho intramolecular Hbond substituents is 1. The van der Waals surface area contributed by atoms with Crippen molar-refractivity contribution < 1.29 is 19.4 Å². The number of aromatic hydroxyl groups is 1. The summed E-state index contributed by atoms with van der Waals surface area (Å²) in [4.78, 5) is 26.0. The van der Waals surface area contributed by atoms with Crippen LogP contribution in [-0.4, -0.2) is 34.3 Å². The number of phenols is 1. The van der Waals surface area contributed by atoms with Crippen molar-refractivity contribution in [2.24, 2.45) is 0 Å². The number of thioether (sulfide) groups is 1. The third-order valence-corrected chi connectivity index (χ3v) is 5.60. The summed E-state index contributed by atoms with van der Waals surface area (Å²) in [5.41, 5.74) is 0.345. The molecule has 1 N–H and O–H groups in total. The van der Waals surface area contributed by atoms with Crippen LogP contribution in [-0.2, 0) is 4.79 Å². The summed E-state index contributed by atoms with van der Waals surface area (Å²) in [6.07, 6.45) is 1.44.